The van der Waals surface area contributed by atoms with E-state index in [4.69, 9.17) is 27.9 Å². The smallest absolute Gasteiger partial charge is 0.320 e. The molecule has 3 heterocycles. The van der Waals surface area contributed by atoms with Crippen molar-refractivity contribution < 1.29 is 17.9 Å². The molecule has 0 bridgehead atoms. The number of piperazine rings is 1. The van der Waals surface area contributed by atoms with Crippen molar-refractivity contribution in [1.29, 1.82) is 0 Å². The third-order valence-electron chi connectivity index (χ3n) is 6.82. The molecule has 11 heteroatoms. The number of carbonyl (C=O) groups excluding carboxylic acids is 1. The average Bonchev–Trinajstić information content (AvgIpc) is 2.84. The van der Waals surface area contributed by atoms with E-state index < -0.39 is 10.0 Å². The minimum absolute atomic E-state index is 0.0459. The molecule has 1 aromatic heterocycles. The highest BCUT2D eigenvalue weighted by Gasteiger charge is 2.38. The lowest BCUT2D eigenvalue weighted by molar-refractivity contribution is 0.0643. The van der Waals surface area contributed by atoms with Gasteiger partial charge in [0.25, 0.3) is 0 Å². The summed E-state index contributed by atoms with van der Waals surface area (Å²) in [4.78, 5) is 21.2. The van der Waals surface area contributed by atoms with Crippen LogP contribution in [0.5, 0.6) is 5.88 Å². The molecular formula is C24H30Cl2N4O4S. The number of piperidine rings is 1. The molecule has 0 N–H and O–H groups in total. The van der Waals surface area contributed by atoms with E-state index in [1.54, 1.807) is 23.2 Å². The van der Waals surface area contributed by atoms with E-state index in [0.717, 1.165) is 12.0 Å². The highest BCUT2D eigenvalue weighted by Crippen LogP contribution is 2.37. The van der Waals surface area contributed by atoms with Crippen molar-refractivity contribution in [1.82, 2.24) is 19.1 Å². The third-order valence-corrected chi connectivity index (χ3v) is 8.60. The van der Waals surface area contributed by atoms with Crippen molar-refractivity contribution in [3.8, 4) is 5.88 Å². The number of aromatic nitrogens is 1. The first-order valence-electron chi connectivity index (χ1n) is 11.6. The fourth-order valence-electron chi connectivity index (χ4n) is 4.89. The van der Waals surface area contributed by atoms with Crippen LogP contribution >= 0.6 is 23.2 Å². The van der Waals surface area contributed by atoms with Gasteiger partial charge < -0.3 is 14.5 Å². The Morgan fingerprint density at radius 3 is 2.26 bits per heavy atom. The molecule has 35 heavy (non-hydrogen) atoms. The van der Waals surface area contributed by atoms with Gasteiger partial charge in [0.1, 0.15) is 6.10 Å². The van der Waals surface area contributed by atoms with Crippen LogP contribution < -0.4 is 4.74 Å². The van der Waals surface area contributed by atoms with Crippen LogP contribution in [-0.4, -0.2) is 85.2 Å². The first-order chi connectivity index (χ1) is 16.6. The molecule has 1 unspecified atom stereocenters. The van der Waals surface area contributed by atoms with Crippen molar-refractivity contribution in [2.45, 2.75) is 25.4 Å². The van der Waals surface area contributed by atoms with Gasteiger partial charge in [-0.1, -0.05) is 35.3 Å². The van der Waals surface area contributed by atoms with Gasteiger partial charge in [0.05, 0.1) is 11.3 Å². The number of pyridine rings is 1. The van der Waals surface area contributed by atoms with Crippen molar-refractivity contribution >= 4 is 39.3 Å². The second kappa shape index (κ2) is 10.9. The summed E-state index contributed by atoms with van der Waals surface area (Å²) in [6.45, 7) is 4.59. The molecule has 8 nitrogen and oxygen atoms in total. The molecule has 0 spiro atoms. The zero-order valence-electron chi connectivity index (χ0n) is 19.8. The molecule has 2 saturated heterocycles. The molecular weight excluding hydrogens is 511 g/mol. The lowest BCUT2D eigenvalue weighted by Crippen LogP contribution is -2.56. The van der Waals surface area contributed by atoms with Crippen molar-refractivity contribution in [3.63, 3.8) is 0 Å². The van der Waals surface area contributed by atoms with Gasteiger partial charge in [0.15, 0.2) is 0 Å². The van der Waals surface area contributed by atoms with E-state index in [-0.39, 0.29) is 24.0 Å². The minimum Gasteiger partial charge on any atom is -0.474 e. The molecule has 2 aliphatic heterocycles. The fraction of sp³-hybridized carbons (Fsp3) is 0.500. The summed E-state index contributed by atoms with van der Waals surface area (Å²) in [5, 5.41) is 1.21. The average molecular weight is 542 g/mol. The molecule has 2 aromatic rings. The topological polar surface area (TPSA) is 83.1 Å². The number of ether oxygens (including phenoxy) is 1. The Morgan fingerprint density at radius 2 is 1.66 bits per heavy atom. The number of rotatable bonds is 5. The Bertz CT molecular complexity index is 1120. The van der Waals surface area contributed by atoms with Crippen LogP contribution in [0.3, 0.4) is 0 Å². The van der Waals surface area contributed by atoms with E-state index in [0.29, 0.717) is 55.2 Å². The van der Waals surface area contributed by atoms with Crippen molar-refractivity contribution in [2.75, 3.05) is 45.5 Å². The minimum atomic E-state index is -3.25. The number of nitrogens with zero attached hydrogens (tertiary/aromatic N) is 4. The van der Waals surface area contributed by atoms with Gasteiger partial charge in [0.2, 0.25) is 15.9 Å². The maximum atomic E-state index is 13.3. The normalized spacial score (nSPS) is 22.6. The van der Waals surface area contributed by atoms with E-state index in [1.807, 2.05) is 36.1 Å². The fourth-order valence-corrected chi connectivity index (χ4v) is 5.95. The van der Waals surface area contributed by atoms with E-state index in [9.17, 15) is 13.2 Å². The van der Waals surface area contributed by atoms with Crippen LogP contribution in [0.1, 0.15) is 24.8 Å². The predicted molar refractivity (Wildman–Crippen MR) is 137 cm³/mol. The predicted octanol–water partition coefficient (Wildman–Crippen LogP) is 3.96. The quantitative estimate of drug-likeness (QED) is 0.573. The summed E-state index contributed by atoms with van der Waals surface area (Å²) in [7, 11) is -3.25. The Balaban J connectivity index is 1.48. The van der Waals surface area contributed by atoms with Crippen molar-refractivity contribution in [2.24, 2.45) is 5.92 Å². The number of carbonyl (C=O) groups is 1. The van der Waals surface area contributed by atoms with Gasteiger partial charge in [-0.05, 0) is 37.1 Å². The Morgan fingerprint density at radius 1 is 1.00 bits per heavy atom. The van der Waals surface area contributed by atoms with Gasteiger partial charge in [-0.2, -0.15) is 4.31 Å². The number of halogens is 2. The van der Waals surface area contributed by atoms with Crippen LogP contribution in [0.25, 0.3) is 0 Å². The molecule has 0 radical (unpaired) electrons. The monoisotopic (exact) mass is 540 g/mol. The maximum Gasteiger partial charge on any atom is 0.320 e. The zero-order chi connectivity index (χ0) is 25.2. The molecule has 4 rings (SSSR count). The number of hydrogen-bond acceptors (Lipinski definition) is 5. The maximum absolute atomic E-state index is 13.3. The first-order valence-corrected chi connectivity index (χ1v) is 14.2. The first kappa shape index (κ1) is 26.0. The number of urea groups is 1. The van der Waals surface area contributed by atoms with E-state index in [2.05, 4.69) is 4.98 Å². The van der Waals surface area contributed by atoms with Gasteiger partial charge in [-0.3, -0.25) is 0 Å². The number of likely N-dealkylation sites (tertiary alicyclic amines) is 1. The Kier molecular flexibility index (Phi) is 8.10. The molecule has 190 valence electrons. The van der Waals surface area contributed by atoms with Crippen LogP contribution in [0.2, 0.25) is 10.0 Å². The summed E-state index contributed by atoms with van der Waals surface area (Å²) in [5.74, 6) is 0.711. The molecule has 1 aromatic carbocycles. The third kappa shape index (κ3) is 6.39. The van der Waals surface area contributed by atoms with Gasteiger partial charge in [-0.15, -0.1) is 0 Å². The summed E-state index contributed by atoms with van der Waals surface area (Å²) in [5.41, 5.74) is 1.10. The molecule has 2 aliphatic rings. The number of amides is 2. The van der Waals surface area contributed by atoms with Gasteiger partial charge in [0, 0.05) is 68.4 Å². The number of benzene rings is 1. The second-order valence-corrected chi connectivity index (χ2v) is 12.0. The lowest BCUT2D eigenvalue weighted by Gasteiger charge is -2.43. The van der Waals surface area contributed by atoms with Gasteiger partial charge in [-0.25, -0.2) is 18.2 Å². The van der Waals surface area contributed by atoms with Crippen LogP contribution in [0, 0.1) is 5.92 Å². The van der Waals surface area contributed by atoms with Gasteiger partial charge >= 0.3 is 6.03 Å². The largest absolute Gasteiger partial charge is 0.474 e. The lowest BCUT2D eigenvalue weighted by atomic mass is 9.78. The summed E-state index contributed by atoms with van der Waals surface area (Å²) in [6, 6.07) is 11.2. The van der Waals surface area contributed by atoms with Crippen LogP contribution in [0.15, 0.2) is 42.6 Å². The summed E-state index contributed by atoms with van der Waals surface area (Å²) >= 11 is 12.1. The zero-order valence-corrected chi connectivity index (χ0v) is 22.1. The van der Waals surface area contributed by atoms with Crippen LogP contribution in [0.4, 0.5) is 4.79 Å². The Labute approximate surface area is 216 Å². The number of hydrogen-bond donors (Lipinski definition) is 0. The molecule has 2 fully saturated rings. The van der Waals surface area contributed by atoms with E-state index >= 15 is 0 Å². The molecule has 0 aliphatic carbocycles. The van der Waals surface area contributed by atoms with Crippen molar-refractivity contribution in [3.05, 3.63) is 58.2 Å². The molecule has 2 amide bonds. The summed E-state index contributed by atoms with van der Waals surface area (Å²) in [6.07, 6.45) is 3.39. The second-order valence-electron chi connectivity index (χ2n) is 9.13. The highest BCUT2D eigenvalue weighted by atomic mass is 35.5. The molecule has 0 saturated carbocycles. The van der Waals surface area contributed by atoms with E-state index in [1.165, 1.54) is 10.6 Å². The summed E-state index contributed by atoms with van der Waals surface area (Å²) < 4.78 is 31.2. The SMILES string of the molecule is CC(Oc1ccc(Cl)cn1)[C@H]1CCN(C(=O)N2CCN(S(C)(=O)=O)CC2)C[C@@H]1c1ccc(Cl)cc1. The Hall–Kier alpha value is -2.07. The highest BCUT2D eigenvalue weighted by molar-refractivity contribution is 7.88. The number of sulfonamides is 1. The molecule has 3 atom stereocenters. The van der Waals surface area contributed by atoms with Crippen LogP contribution in [-0.2, 0) is 10.0 Å². The standard InChI is InChI=1S/C24H30Cl2N4O4S/c1-17(34-23-8-7-20(26)15-27-23)21-9-10-29(16-22(21)18-3-5-19(25)6-4-18)24(31)28-11-13-30(14-12-28)35(2,32)33/h3-8,15,17,21-22H,9-14,16H2,1-2H3/t17?,21-,22-/m1/s1.